The quantitative estimate of drug-likeness (QED) is 0.761. The summed E-state index contributed by atoms with van der Waals surface area (Å²) in [4.78, 5) is 12.5. The predicted molar refractivity (Wildman–Crippen MR) is 104 cm³/mol. The van der Waals surface area contributed by atoms with E-state index in [1.165, 1.54) is 0 Å². The number of piperidine rings is 1. The van der Waals surface area contributed by atoms with Crippen LogP contribution in [0.25, 0.3) is 0 Å². The topological polar surface area (TPSA) is 119 Å². The molecule has 3 aliphatic rings. The average molecular weight is 411 g/mol. The van der Waals surface area contributed by atoms with Crippen molar-refractivity contribution in [1.29, 1.82) is 0 Å². The number of rotatable bonds is 5. The summed E-state index contributed by atoms with van der Waals surface area (Å²) in [6.45, 7) is 2.86. The van der Waals surface area contributed by atoms with Crippen molar-refractivity contribution in [1.82, 2.24) is 14.8 Å². The van der Waals surface area contributed by atoms with Gasteiger partial charge in [-0.05, 0) is 50.9 Å². The molecule has 3 N–H and O–H groups in total. The van der Waals surface area contributed by atoms with Gasteiger partial charge in [0.25, 0.3) is 5.91 Å². The highest BCUT2D eigenvalue weighted by Gasteiger charge is 2.39. The van der Waals surface area contributed by atoms with Gasteiger partial charge in [0.15, 0.2) is 5.69 Å². The van der Waals surface area contributed by atoms with Crippen LogP contribution in [0.1, 0.15) is 74.0 Å². The largest absolute Gasteiger partial charge is 0.360 e. The molecule has 2 aliphatic carbocycles. The zero-order chi connectivity index (χ0) is 19.9. The van der Waals surface area contributed by atoms with Crippen LogP contribution >= 0.6 is 0 Å². The maximum Gasteiger partial charge on any atom is 0.273 e. The first-order valence-electron chi connectivity index (χ1n) is 10.4. The molecule has 28 heavy (non-hydrogen) atoms. The van der Waals surface area contributed by atoms with Crippen LogP contribution in [0.3, 0.4) is 0 Å². The number of hydrogen-bond acceptors (Lipinski definition) is 6. The van der Waals surface area contributed by atoms with Crippen molar-refractivity contribution in [2.24, 2.45) is 11.7 Å². The Morgan fingerprint density at radius 1 is 1.21 bits per heavy atom. The molecule has 0 radical (unpaired) electrons. The lowest BCUT2D eigenvalue weighted by atomic mass is 9.95. The minimum atomic E-state index is -3.31. The average Bonchev–Trinajstić information content (AvgIpc) is 3.40. The maximum atomic E-state index is 13.0. The van der Waals surface area contributed by atoms with Gasteiger partial charge in [-0.3, -0.25) is 4.79 Å². The predicted octanol–water partition coefficient (Wildman–Crippen LogP) is 1.59. The van der Waals surface area contributed by atoms with Crippen LogP contribution in [0.2, 0.25) is 0 Å². The summed E-state index contributed by atoms with van der Waals surface area (Å²) in [6.07, 6.45) is 5.61. The van der Waals surface area contributed by atoms with Gasteiger partial charge >= 0.3 is 0 Å². The normalized spacial score (nSPS) is 32.2. The van der Waals surface area contributed by atoms with Crippen LogP contribution in [0.4, 0.5) is 0 Å². The fourth-order valence-electron chi connectivity index (χ4n) is 4.35. The smallest absolute Gasteiger partial charge is 0.273 e. The van der Waals surface area contributed by atoms with E-state index in [-0.39, 0.29) is 29.2 Å². The summed E-state index contributed by atoms with van der Waals surface area (Å²) < 4.78 is 32.9. The maximum absolute atomic E-state index is 13.0. The summed E-state index contributed by atoms with van der Waals surface area (Å²) in [5.74, 6) is 0.986. The molecule has 2 atom stereocenters. The minimum absolute atomic E-state index is 0.0353. The van der Waals surface area contributed by atoms with Crippen LogP contribution in [-0.2, 0) is 10.0 Å². The lowest BCUT2D eigenvalue weighted by Crippen LogP contribution is -2.53. The van der Waals surface area contributed by atoms with Gasteiger partial charge in [-0.15, -0.1) is 0 Å². The van der Waals surface area contributed by atoms with Gasteiger partial charge < -0.3 is 15.6 Å². The molecule has 3 fully saturated rings. The molecule has 1 saturated heterocycles. The van der Waals surface area contributed by atoms with E-state index in [0.717, 1.165) is 31.4 Å². The van der Waals surface area contributed by atoms with E-state index in [2.05, 4.69) is 10.5 Å². The Bertz CT molecular complexity index is 812. The highest BCUT2D eigenvalue weighted by molar-refractivity contribution is 7.89. The Hall–Kier alpha value is -1.45. The van der Waals surface area contributed by atoms with Crippen LogP contribution < -0.4 is 11.1 Å². The molecule has 2 saturated carbocycles. The summed E-state index contributed by atoms with van der Waals surface area (Å²) in [5, 5.41) is 6.58. The number of carbonyl (C=O) groups is 1. The molecule has 0 spiro atoms. The van der Waals surface area contributed by atoms with Gasteiger partial charge in [0.2, 0.25) is 10.0 Å². The third-order valence-electron chi connectivity index (χ3n) is 6.43. The first-order valence-corrected chi connectivity index (χ1v) is 11.9. The van der Waals surface area contributed by atoms with Gasteiger partial charge in [0.05, 0.1) is 5.25 Å². The van der Waals surface area contributed by atoms with E-state index in [1.807, 2.05) is 6.92 Å². The third kappa shape index (κ3) is 4.11. The molecule has 1 aromatic heterocycles. The van der Waals surface area contributed by atoms with Crippen molar-refractivity contribution in [3.8, 4) is 0 Å². The highest BCUT2D eigenvalue weighted by atomic mass is 32.2. The van der Waals surface area contributed by atoms with E-state index in [4.69, 9.17) is 10.3 Å². The van der Waals surface area contributed by atoms with E-state index < -0.39 is 10.0 Å². The molecule has 1 aromatic rings. The van der Waals surface area contributed by atoms with Crippen LogP contribution in [0.15, 0.2) is 10.6 Å². The van der Waals surface area contributed by atoms with Gasteiger partial charge in [0.1, 0.15) is 5.76 Å². The Morgan fingerprint density at radius 2 is 1.93 bits per heavy atom. The van der Waals surface area contributed by atoms with Crippen LogP contribution in [0.5, 0.6) is 0 Å². The Kier molecular flexibility index (Phi) is 5.50. The van der Waals surface area contributed by atoms with Gasteiger partial charge in [0, 0.05) is 37.2 Å². The van der Waals surface area contributed by atoms with Crippen LogP contribution in [0, 0.1) is 5.92 Å². The van der Waals surface area contributed by atoms with E-state index in [0.29, 0.717) is 44.0 Å². The molecule has 1 amide bonds. The molecule has 4 rings (SSSR count). The van der Waals surface area contributed by atoms with E-state index in [1.54, 1.807) is 10.4 Å². The van der Waals surface area contributed by atoms with Crippen molar-refractivity contribution in [2.75, 3.05) is 13.1 Å². The number of nitrogens with two attached hydrogens (primary N) is 1. The summed E-state index contributed by atoms with van der Waals surface area (Å²) in [6, 6.07) is 1.79. The zero-order valence-electron chi connectivity index (χ0n) is 16.3. The lowest BCUT2D eigenvalue weighted by Gasteiger charge is -2.39. The summed E-state index contributed by atoms with van der Waals surface area (Å²) >= 11 is 0. The third-order valence-corrected chi connectivity index (χ3v) is 8.79. The number of aromatic nitrogens is 1. The first-order chi connectivity index (χ1) is 13.3. The second kappa shape index (κ2) is 7.76. The number of hydrogen-bond donors (Lipinski definition) is 2. The highest BCUT2D eigenvalue weighted by Crippen LogP contribution is 2.40. The molecule has 0 bridgehead atoms. The van der Waals surface area contributed by atoms with Gasteiger partial charge in [-0.25, -0.2) is 12.7 Å². The fraction of sp³-hybridized carbons (Fsp3) is 0.789. The number of carbonyl (C=O) groups excluding carboxylic acids is 1. The standard InChI is InChI=1S/C19H30N4O4S/c1-12-11-23(28(25,26)15-6-4-14(20)5-7-15)9-8-16(12)21-19(24)17-10-18(27-22-17)13-2-3-13/h10,12-16H,2-9,11,20H2,1H3,(H,21,24)/t12-,14?,15?,16+/m0/s1. The molecule has 2 heterocycles. The number of nitrogens with one attached hydrogen (secondary N) is 1. The second-order valence-electron chi connectivity index (χ2n) is 8.67. The Labute approximate surface area is 166 Å². The molecule has 156 valence electrons. The minimum Gasteiger partial charge on any atom is -0.360 e. The number of sulfonamides is 1. The summed E-state index contributed by atoms with van der Waals surface area (Å²) in [5.41, 5.74) is 6.22. The monoisotopic (exact) mass is 410 g/mol. The molecule has 0 aromatic carbocycles. The molecule has 8 nitrogen and oxygen atoms in total. The molecule has 1 aliphatic heterocycles. The Balaban J connectivity index is 1.33. The molecular weight excluding hydrogens is 380 g/mol. The number of amides is 1. The first kappa shape index (κ1) is 19.8. The van der Waals surface area contributed by atoms with Crippen molar-refractivity contribution >= 4 is 15.9 Å². The molecule has 9 heteroatoms. The fourth-order valence-corrected chi connectivity index (χ4v) is 6.44. The van der Waals surface area contributed by atoms with Crippen LogP contribution in [-0.4, -0.2) is 54.2 Å². The van der Waals surface area contributed by atoms with Crippen molar-refractivity contribution < 1.29 is 17.7 Å². The SMILES string of the molecule is C[C@H]1CN(S(=O)(=O)C2CCC(N)CC2)CC[C@H]1NC(=O)c1cc(C2CC2)on1. The zero-order valence-corrected chi connectivity index (χ0v) is 17.2. The lowest BCUT2D eigenvalue weighted by molar-refractivity contribution is 0.0891. The summed E-state index contributed by atoms with van der Waals surface area (Å²) in [7, 11) is -3.31. The number of nitrogens with zero attached hydrogens (tertiary/aromatic N) is 2. The van der Waals surface area contributed by atoms with Gasteiger partial charge in [-0.2, -0.15) is 0 Å². The van der Waals surface area contributed by atoms with E-state index >= 15 is 0 Å². The molecular formula is C19H30N4O4S. The van der Waals surface area contributed by atoms with Crippen molar-refractivity contribution in [3.05, 3.63) is 17.5 Å². The van der Waals surface area contributed by atoms with Crippen molar-refractivity contribution in [2.45, 2.75) is 75.1 Å². The van der Waals surface area contributed by atoms with E-state index in [9.17, 15) is 13.2 Å². The molecule has 0 unspecified atom stereocenters. The Morgan fingerprint density at radius 3 is 2.57 bits per heavy atom. The second-order valence-corrected chi connectivity index (χ2v) is 10.9. The van der Waals surface area contributed by atoms with Crippen molar-refractivity contribution in [3.63, 3.8) is 0 Å². The van der Waals surface area contributed by atoms with Gasteiger partial charge in [-0.1, -0.05) is 12.1 Å².